The number of anilines is 1. The average Bonchev–Trinajstić information content (AvgIpc) is 2.14. The summed E-state index contributed by atoms with van der Waals surface area (Å²) in [5.41, 5.74) is 6.61. The second-order valence-electron chi connectivity index (χ2n) is 23.5. The van der Waals surface area contributed by atoms with Crippen LogP contribution in [0.1, 0.15) is 132 Å². The van der Waals surface area contributed by atoms with E-state index in [0.29, 0.717) is 64.8 Å². The number of carbonyl (C=O) groups is 9. The molecule has 23 heteroatoms. The Kier molecular flexibility index (Phi) is 25.7. The van der Waals surface area contributed by atoms with E-state index in [1.165, 1.54) is 36.9 Å². The van der Waals surface area contributed by atoms with E-state index in [1.807, 2.05) is 45.9 Å². The molecule has 86 heavy (non-hydrogen) atoms. The van der Waals surface area contributed by atoms with Gasteiger partial charge in [0.1, 0.15) is 35.7 Å². The van der Waals surface area contributed by atoms with Crippen LogP contribution in [0, 0.1) is 31.6 Å². The zero-order valence-corrected chi connectivity index (χ0v) is 53.7. The molecule has 0 radical (unpaired) electrons. The summed E-state index contributed by atoms with van der Waals surface area (Å²) in [5.74, 6) is -4.91. The van der Waals surface area contributed by atoms with E-state index in [9.17, 15) is 48.3 Å². The van der Waals surface area contributed by atoms with Crippen molar-refractivity contribution < 1.29 is 71.9 Å². The molecule has 6 amide bonds. The first-order chi connectivity index (χ1) is 40.4. The topological polar surface area (TPSA) is 292 Å². The molecule has 5 rings (SSSR count). The summed E-state index contributed by atoms with van der Waals surface area (Å²) < 4.78 is 29.2. The van der Waals surface area contributed by atoms with Crippen molar-refractivity contribution in [3.05, 3.63) is 99.1 Å². The molecule has 4 bridgehead atoms. The first-order valence-corrected chi connectivity index (χ1v) is 30.6. The molecule has 2 aromatic carbocycles. The molecule has 6 N–H and O–H groups in total. The zero-order chi connectivity index (χ0) is 64.0. The number of amides is 6. The molecule has 21 nitrogen and oxygen atoms in total. The molecule has 0 aromatic heterocycles. The van der Waals surface area contributed by atoms with Crippen molar-refractivity contribution in [2.75, 3.05) is 44.6 Å². The number of aliphatic hydroxyl groups is 1. The maximum absolute atomic E-state index is 14.5. The molecule has 0 aliphatic carbocycles. The van der Waals surface area contributed by atoms with Gasteiger partial charge in [-0.15, -0.1) is 0 Å². The number of nitrogens with zero attached hydrogens (tertiary/aromatic N) is 2. The number of hydrogen-bond donors (Lipinski definition) is 5. The number of rotatable bonds is 25. The van der Waals surface area contributed by atoms with E-state index in [-0.39, 0.29) is 74.7 Å². The van der Waals surface area contributed by atoms with Gasteiger partial charge >= 0.3 is 24.1 Å². The molecule has 10 atom stereocenters. The van der Waals surface area contributed by atoms with Crippen LogP contribution in [0.3, 0.4) is 0 Å². The summed E-state index contributed by atoms with van der Waals surface area (Å²) in [6.07, 6.45) is 2.61. The lowest BCUT2D eigenvalue weighted by molar-refractivity contribution is -0.158. The van der Waals surface area contributed by atoms with Crippen LogP contribution in [0.5, 0.6) is 0 Å². The standard InChI is InChI=1S/C63H86BrClN6O15/c1-35(2)46(31-45(72)19-14-13-15-25-83-58(77)39(6)34-64)56(75)68-47(20-17-24-67-60(66)79)49(73)30-43-22-23-44(28-37(43)4)57(76)70(10)41(8)59(78)85-52-32-53(74)71(11)48-29-42(27-38(5)54(48)65)26-36(3)18-16-21-51(82-12)63(81)33-50(84-61(80)69-63)40(7)55-62(52,9)86-55/h16,18,21-23,27-29,35,40-41,46-47,50-52,55,81H,6,13-15,17,19-20,24-26,30-34H2,1-5,7-12H3,(H,68,75)(H,69,80)(H3,66,67,79)/b21-16+,36-18+/t40-,41+,46+,47+,50+,51-,52+,55+,62+,63+/m1/s1. The van der Waals surface area contributed by atoms with Gasteiger partial charge in [-0.3, -0.25) is 29.3 Å². The van der Waals surface area contributed by atoms with Crippen LogP contribution in [-0.2, 0) is 65.3 Å². The molecule has 3 heterocycles. The minimum absolute atomic E-state index is 0.0402. The number of hydrogen-bond acceptors (Lipinski definition) is 15. The molecule has 472 valence electrons. The van der Waals surface area contributed by atoms with Crippen molar-refractivity contribution >= 4 is 86.6 Å². The van der Waals surface area contributed by atoms with Gasteiger partial charge in [0.15, 0.2) is 11.5 Å². The van der Waals surface area contributed by atoms with E-state index in [0.717, 1.165) is 16.7 Å². The van der Waals surface area contributed by atoms with Crippen LogP contribution in [0.2, 0.25) is 5.02 Å². The summed E-state index contributed by atoms with van der Waals surface area (Å²) in [5, 5.41) is 20.5. The van der Waals surface area contributed by atoms with Gasteiger partial charge in [0.2, 0.25) is 11.8 Å². The Morgan fingerprint density at radius 2 is 1.74 bits per heavy atom. The number of nitrogens with two attached hydrogens (primary N) is 1. The monoisotopic (exact) mass is 1280 g/mol. The Morgan fingerprint density at radius 3 is 2.40 bits per heavy atom. The lowest BCUT2D eigenvalue weighted by Crippen LogP contribution is -2.63. The summed E-state index contributed by atoms with van der Waals surface area (Å²) in [7, 11) is 4.42. The predicted octanol–water partition coefficient (Wildman–Crippen LogP) is 7.77. The number of alkyl halides is 1. The fourth-order valence-corrected chi connectivity index (χ4v) is 11.2. The third-order valence-electron chi connectivity index (χ3n) is 16.4. The van der Waals surface area contributed by atoms with Crippen molar-refractivity contribution in [3.63, 3.8) is 0 Å². The first kappa shape index (κ1) is 70.3. The Bertz CT molecular complexity index is 2930. The largest absolute Gasteiger partial charge is 0.462 e. The van der Waals surface area contributed by atoms with E-state index >= 15 is 0 Å². The van der Waals surface area contributed by atoms with Crippen LogP contribution in [0.25, 0.3) is 0 Å². The third-order valence-corrected chi connectivity index (χ3v) is 17.6. The van der Waals surface area contributed by atoms with Crippen molar-refractivity contribution in [2.24, 2.45) is 23.5 Å². The number of unbranched alkanes of at least 4 members (excludes halogenated alkanes) is 2. The van der Waals surface area contributed by atoms with Crippen LogP contribution in [-0.4, -0.2) is 151 Å². The molecular formula is C63H86BrClN6O15. The number of primary amides is 1. The minimum atomic E-state index is -1.89. The van der Waals surface area contributed by atoms with Crippen LogP contribution in [0.4, 0.5) is 15.3 Å². The Hall–Kier alpha value is -6.46. The zero-order valence-electron chi connectivity index (χ0n) is 51.3. The molecular weight excluding hydrogens is 1200 g/mol. The number of fused-ring (bicyclic) bond motifs is 5. The highest BCUT2D eigenvalue weighted by Gasteiger charge is 2.64. The highest BCUT2D eigenvalue weighted by molar-refractivity contribution is 9.09. The number of epoxide rings is 1. The van der Waals surface area contributed by atoms with E-state index in [1.54, 1.807) is 52.1 Å². The number of aryl methyl sites for hydroxylation is 2. The number of esters is 2. The quantitative estimate of drug-likeness (QED) is 0.0158. The first-order valence-electron chi connectivity index (χ1n) is 29.1. The second-order valence-corrected chi connectivity index (χ2v) is 24.4. The summed E-state index contributed by atoms with van der Waals surface area (Å²) >= 11 is 10.0. The third kappa shape index (κ3) is 18.8. The molecule has 2 aromatic rings. The fourth-order valence-electron chi connectivity index (χ4n) is 10.8. The second kappa shape index (κ2) is 31.4. The van der Waals surface area contributed by atoms with Crippen molar-refractivity contribution in [2.45, 2.75) is 174 Å². The number of Topliss-reactive ketones (excluding diaryl/α,β-unsaturated/α-hetero) is 2. The van der Waals surface area contributed by atoms with Crippen LogP contribution < -0.4 is 26.6 Å². The molecule has 3 aliphatic rings. The number of urea groups is 1. The molecule has 0 unspecified atom stereocenters. The van der Waals surface area contributed by atoms with Gasteiger partial charge in [0, 0.05) is 81.7 Å². The van der Waals surface area contributed by atoms with Gasteiger partial charge in [0.25, 0.3) is 5.91 Å². The van der Waals surface area contributed by atoms with Gasteiger partial charge in [-0.2, -0.15) is 0 Å². The number of ketones is 2. The number of likely N-dealkylation sites (N-methyl/N-ethyl adjacent to an activating group) is 1. The Labute approximate surface area is 518 Å². The van der Waals surface area contributed by atoms with Gasteiger partial charge in [-0.25, -0.2) is 19.2 Å². The highest BCUT2D eigenvalue weighted by Crippen LogP contribution is 2.49. The summed E-state index contributed by atoms with van der Waals surface area (Å²) in [6.45, 7) is 18.0. The van der Waals surface area contributed by atoms with Crippen molar-refractivity contribution in [1.29, 1.82) is 0 Å². The lowest BCUT2D eigenvalue weighted by atomic mass is 9.83. The Morgan fingerprint density at radius 1 is 1.03 bits per heavy atom. The molecule has 2 saturated heterocycles. The van der Waals surface area contributed by atoms with Crippen molar-refractivity contribution in [1.82, 2.24) is 20.9 Å². The molecule has 2 fully saturated rings. The van der Waals surface area contributed by atoms with Gasteiger partial charge in [-0.05, 0) is 120 Å². The predicted molar refractivity (Wildman–Crippen MR) is 327 cm³/mol. The highest BCUT2D eigenvalue weighted by atomic mass is 79.9. The number of benzene rings is 2. The van der Waals surface area contributed by atoms with E-state index in [4.69, 9.17) is 41.0 Å². The maximum Gasteiger partial charge on any atom is 0.409 e. The van der Waals surface area contributed by atoms with Crippen molar-refractivity contribution in [3.8, 4) is 0 Å². The van der Waals surface area contributed by atoms with E-state index in [2.05, 4.69) is 38.5 Å². The number of alkyl carbamates (subject to hydrolysis) is 1. The fraction of sp³-hybridized carbons (Fsp3) is 0.571. The number of methoxy groups -OCH3 is 1. The van der Waals surface area contributed by atoms with Crippen LogP contribution in [0.15, 0.2) is 66.3 Å². The van der Waals surface area contributed by atoms with Gasteiger partial charge in [0.05, 0.1) is 35.9 Å². The summed E-state index contributed by atoms with van der Waals surface area (Å²) in [6, 6.07) is 5.51. The molecule has 0 spiro atoms. The Balaban J connectivity index is 1.31. The van der Waals surface area contributed by atoms with Gasteiger partial charge < -0.3 is 55.0 Å². The smallest absolute Gasteiger partial charge is 0.409 e. The maximum atomic E-state index is 14.5. The number of carbonyl (C=O) groups excluding carboxylic acids is 9. The SMILES string of the molecule is C=C(CBr)C(=O)OCCCCCC(=O)C[C@H](C(=O)N[C@@H](CCCNC(N)=O)C(=O)Cc1ccc(C(=O)N(C)[C@@H](C)C(=O)O[C@H]2CC(=O)N(C)c3cc(cc(C)c3Cl)C/C(C)=C/C=C/[C@@H](OC)[C@@]3(O)C[C@H](OC(=O)N3)[C@@H](C)[C@@H]3O[C@@]23C)cc1C)C(C)C. The van der Waals surface area contributed by atoms with Gasteiger partial charge in [-0.1, -0.05) is 90.8 Å². The normalized spacial score (nSPS) is 24.2. The number of allylic oxidation sites excluding steroid dienone is 3. The van der Waals surface area contributed by atoms with E-state index < -0.39 is 101 Å². The lowest BCUT2D eigenvalue weighted by Gasteiger charge is -2.42. The molecule has 3 aliphatic heterocycles. The number of ether oxygens (including phenoxy) is 5. The minimum Gasteiger partial charge on any atom is -0.462 e. The van der Waals surface area contributed by atoms with Crippen LogP contribution >= 0.6 is 27.5 Å². The average molecular weight is 1280 g/mol. The number of halogens is 2. The number of nitrogens with one attached hydrogen (secondary N) is 3. The summed E-state index contributed by atoms with van der Waals surface area (Å²) in [4.78, 5) is 123. The molecule has 0 saturated carbocycles.